The minimum Gasteiger partial charge on any atom is -0.382 e. The second-order valence-electron chi connectivity index (χ2n) is 4.75. The van der Waals surface area contributed by atoms with Gasteiger partial charge in [-0.25, -0.2) is 15.0 Å². The lowest BCUT2D eigenvalue weighted by molar-refractivity contribution is -0.121. The third kappa shape index (κ3) is 4.14. The van der Waals surface area contributed by atoms with Crippen molar-refractivity contribution in [1.82, 2.24) is 30.2 Å². The van der Waals surface area contributed by atoms with Gasteiger partial charge < -0.3 is 20.9 Å². The van der Waals surface area contributed by atoms with E-state index in [1.165, 1.54) is 6.33 Å². The molecule has 22 heavy (non-hydrogen) atoms. The summed E-state index contributed by atoms with van der Waals surface area (Å²) in [6.45, 7) is 1.70. The van der Waals surface area contributed by atoms with Crippen LogP contribution in [0.2, 0.25) is 0 Å². The quantitative estimate of drug-likeness (QED) is 0.421. The highest BCUT2D eigenvalue weighted by molar-refractivity contribution is 5.81. The van der Waals surface area contributed by atoms with Crippen molar-refractivity contribution in [3.8, 4) is 0 Å². The Kier molecular flexibility index (Phi) is 5.64. The van der Waals surface area contributed by atoms with Crippen LogP contribution in [0, 0.1) is 0 Å². The van der Waals surface area contributed by atoms with Gasteiger partial charge in [-0.15, -0.1) is 0 Å². The van der Waals surface area contributed by atoms with Gasteiger partial charge in [0.25, 0.3) is 0 Å². The molecule has 0 fully saturated rings. The minimum absolute atomic E-state index is 0.0350. The number of unbranched alkanes of at least 4 members (excludes halogenated alkanes) is 1. The third-order valence-electron chi connectivity index (χ3n) is 3.16. The zero-order chi connectivity index (χ0) is 15.8. The Morgan fingerprint density at radius 2 is 2.09 bits per heavy atom. The number of nitrogens with one attached hydrogen (secondary N) is 2. The molecular formula is C13H19N7O2. The Bertz CT molecular complexity index is 640. The average Bonchev–Trinajstić information content (AvgIpc) is 2.93. The molecule has 9 heteroatoms. The lowest BCUT2D eigenvalue weighted by Crippen LogP contribution is -2.26. The van der Waals surface area contributed by atoms with Crippen LogP contribution in [-0.2, 0) is 16.1 Å². The number of imidazole rings is 1. The Morgan fingerprint density at radius 3 is 2.91 bits per heavy atom. The van der Waals surface area contributed by atoms with Crippen molar-refractivity contribution in [2.75, 3.05) is 18.8 Å². The molecule has 0 saturated carbocycles. The zero-order valence-electron chi connectivity index (χ0n) is 12.2. The van der Waals surface area contributed by atoms with E-state index in [1.54, 1.807) is 10.9 Å². The molecule has 2 heterocycles. The second-order valence-corrected chi connectivity index (χ2v) is 4.75. The van der Waals surface area contributed by atoms with Crippen LogP contribution in [0.3, 0.4) is 0 Å². The molecule has 0 saturated heterocycles. The summed E-state index contributed by atoms with van der Waals surface area (Å²) in [5.41, 5.74) is 6.88. The number of hydrogen-bond acceptors (Lipinski definition) is 6. The number of nitrogens with zero attached hydrogens (tertiary/aromatic N) is 4. The van der Waals surface area contributed by atoms with E-state index >= 15 is 0 Å². The molecule has 0 aliphatic carbocycles. The smallest absolute Gasteiger partial charge is 0.221 e. The van der Waals surface area contributed by atoms with Gasteiger partial charge in [-0.05, 0) is 12.8 Å². The van der Waals surface area contributed by atoms with Crippen molar-refractivity contribution < 1.29 is 9.59 Å². The third-order valence-corrected chi connectivity index (χ3v) is 3.16. The van der Waals surface area contributed by atoms with E-state index in [2.05, 4.69) is 25.6 Å². The molecule has 0 aromatic carbocycles. The number of carbonyl (C=O) groups excluding carboxylic acids is 2. The molecular weight excluding hydrogens is 286 g/mol. The largest absolute Gasteiger partial charge is 0.382 e. The van der Waals surface area contributed by atoms with Crippen LogP contribution >= 0.6 is 0 Å². The average molecular weight is 305 g/mol. The molecule has 9 nitrogen and oxygen atoms in total. The highest BCUT2D eigenvalue weighted by atomic mass is 16.1. The van der Waals surface area contributed by atoms with Crippen LogP contribution < -0.4 is 16.4 Å². The van der Waals surface area contributed by atoms with Gasteiger partial charge in [-0.1, -0.05) is 0 Å². The van der Waals surface area contributed by atoms with Crippen LogP contribution in [0.25, 0.3) is 11.2 Å². The van der Waals surface area contributed by atoms with E-state index in [9.17, 15) is 9.59 Å². The zero-order valence-corrected chi connectivity index (χ0v) is 12.2. The molecule has 0 bridgehead atoms. The van der Waals surface area contributed by atoms with Gasteiger partial charge in [0, 0.05) is 26.1 Å². The first kappa shape index (κ1) is 15.7. The highest BCUT2D eigenvalue weighted by Gasteiger charge is 2.09. The first-order valence-corrected chi connectivity index (χ1v) is 7.07. The highest BCUT2D eigenvalue weighted by Crippen LogP contribution is 2.14. The van der Waals surface area contributed by atoms with Crippen molar-refractivity contribution >= 4 is 29.3 Å². The van der Waals surface area contributed by atoms with Gasteiger partial charge in [0.2, 0.25) is 12.3 Å². The molecule has 0 radical (unpaired) electrons. The molecule has 2 rings (SSSR count). The van der Waals surface area contributed by atoms with E-state index < -0.39 is 0 Å². The van der Waals surface area contributed by atoms with Gasteiger partial charge in [0.05, 0.1) is 6.33 Å². The standard InChI is InChI=1S/C13H19N7O2/c14-12-11-13(18-7-17-12)20(8-19-11)6-3-10(22)16-5-2-1-4-15-9-21/h7-9H,1-6H2,(H,15,21)(H,16,22)(H2,14,17,18). The van der Waals surface area contributed by atoms with Crippen molar-refractivity contribution in [1.29, 1.82) is 0 Å². The fraction of sp³-hybridized carbons (Fsp3) is 0.462. The SMILES string of the molecule is Nc1ncnc2c1ncn2CCC(=O)NCCCCNC=O. The normalized spacial score (nSPS) is 10.5. The van der Waals surface area contributed by atoms with E-state index in [4.69, 9.17) is 5.73 Å². The van der Waals surface area contributed by atoms with Gasteiger partial charge >= 0.3 is 0 Å². The molecule has 4 N–H and O–H groups in total. The number of nitrogens with two attached hydrogens (primary N) is 1. The molecule has 0 spiro atoms. The topological polar surface area (TPSA) is 128 Å². The van der Waals surface area contributed by atoms with Gasteiger partial charge in [0.1, 0.15) is 11.8 Å². The molecule has 2 aromatic heterocycles. The van der Waals surface area contributed by atoms with Crippen LogP contribution in [0.5, 0.6) is 0 Å². The molecule has 118 valence electrons. The molecule has 2 amide bonds. The molecule has 0 aliphatic heterocycles. The van der Waals surface area contributed by atoms with Gasteiger partial charge in [0.15, 0.2) is 11.5 Å². The van der Waals surface area contributed by atoms with Crippen LogP contribution in [-0.4, -0.2) is 44.9 Å². The van der Waals surface area contributed by atoms with Gasteiger partial charge in [-0.2, -0.15) is 0 Å². The lowest BCUT2D eigenvalue weighted by atomic mass is 10.3. The first-order chi connectivity index (χ1) is 10.7. The number of hydrogen-bond donors (Lipinski definition) is 3. The van der Waals surface area contributed by atoms with Crippen molar-refractivity contribution in [3.05, 3.63) is 12.7 Å². The monoisotopic (exact) mass is 305 g/mol. The van der Waals surface area contributed by atoms with E-state index in [-0.39, 0.29) is 5.91 Å². The number of nitrogen functional groups attached to an aromatic ring is 1. The van der Waals surface area contributed by atoms with Crippen LogP contribution in [0.15, 0.2) is 12.7 Å². The predicted octanol–water partition coefficient (Wildman–Crippen LogP) is -0.559. The number of aromatic nitrogens is 4. The summed E-state index contributed by atoms with van der Waals surface area (Å²) in [7, 11) is 0. The fourth-order valence-electron chi connectivity index (χ4n) is 2.01. The minimum atomic E-state index is -0.0350. The maximum atomic E-state index is 11.8. The Morgan fingerprint density at radius 1 is 1.27 bits per heavy atom. The molecule has 0 atom stereocenters. The Hall–Kier alpha value is -2.71. The first-order valence-electron chi connectivity index (χ1n) is 7.07. The van der Waals surface area contributed by atoms with Crippen LogP contribution in [0.4, 0.5) is 5.82 Å². The van der Waals surface area contributed by atoms with Gasteiger partial charge in [-0.3, -0.25) is 9.59 Å². The number of rotatable bonds is 9. The maximum absolute atomic E-state index is 11.8. The number of anilines is 1. The van der Waals surface area contributed by atoms with Crippen molar-refractivity contribution in [2.45, 2.75) is 25.8 Å². The van der Waals surface area contributed by atoms with Crippen LogP contribution in [0.1, 0.15) is 19.3 Å². The second kappa shape index (κ2) is 7.91. The summed E-state index contributed by atoms with van der Waals surface area (Å²) in [6, 6.07) is 0. The van der Waals surface area contributed by atoms with Crippen molar-refractivity contribution in [3.63, 3.8) is 0 Å². The predicted molar refractivity (Wildman–Crippen MR) is 80.7 cm³/mol. The fourth-order valence-corrected chi connectivity index (χ4v) is 2.01. The number of fused-ring (bicyclic) bond motifs is 1. The summed E-state index contributed by atoms with van der Waals surface area (Å²) in [6.07, 6.45) is 5.65. The van der Waals surface area contributed by atoms with E-state index in [0.717, 1.165) is 12.8 Å². The van der Waals surface area contributed by atoms with E-state index in [0.29, 0.717) is 49.4 Å². The summed E-state index contributed by atoms with van der Waals surface area (Å²) >= 11 is 0. The number of amides is 2. The number of carbonyl (C=O) groups is 2. The Balaban J connectivity index is 1.74. The Labute approximate surface area is 127 Å². The summed E-state index contributed by atoms with van der Waals surface area (Å²) in [5, 5.41) is 5.41. The summed E-state index contributed by atoms with van der Waals surface area (Å²) in [4.78, 5) is 34.0. The lowest BCUT2D eigenvalue weighted by Gasteiger charge is -2.06. The van der Waals surface area contributed by atoms with E-state index in [1.807, 2.05) is 0 Å². The molecule has 0 aliphatic rings. The molecule has 0 unspecified atom stereocenters. The number of aryl methyl sites for hydroxylation is 1. The molecule has 2 aromatic rings. The summed E-state index contributed by atoms with van der Waals surface area (Å²) in [5.74, 6) is 0.296. The summed E-state index contributed by atoms with van der Waals surface area (Å²) < 4.78 is 1.78. The van der Waals surface area contributed by atoms with Crippen molar-refractivity contribution in [2.24, 2.45) is 0 Å². The maximum Gasteiger partial charge on any atom is 0.221 e.